The van der Waals surface area contributed by atoms with Crippen LogP contribution in [0.5, 0.6) is 0 Å². The highest BCUT2D eigenvalue weighted by Crippen LogP contribution is 2.35. The molecule has 9 heteroatoms. The number of nitrogens with one attached hydrogen (secondary N) is 1. The molecule has 4 aromatic carbocycles. The van der Waals surface area contributed by atoms with Crippen molar-refractivity contribution in [3.63, 3.8) is 0 Å². The molecule has 5 aromatic rings. The van der Waals surface area contributed by atoms with Gasteiger partial charge in [0, 0.05) is 12.1 Å². The van der Waals surface area contributed by atoms with E-state index in [1.165, 1.54) is 12.1 Å². The van der Waals surface area contributed by atoms with Crippen molar-refractivity contribution < 1.29 is 17.6 Å². The Hall–Kier alpha value is -4.78. The van der Waals surface area contributed by atoms with Crippen molar-refractivity contribution in [2.24, 2.45) is 5.73 Å². The molecular weight excluding hydrogens is 539 g/mol. The summed E-state index contributed by atoms with van der Waals surface area (Å²) < 4.78 is 48.1. The summed E-state index contributed by atoms with van der Waals surface area (Å²) in [5.41, 5.74) is 9.45. The highest BCUT2D eigenvalue weighted by atomic mass is 19.4. The highest BCUT2D eigenvalue weighted by Gasteiger charge is 2.40. The Morgan fingerprint density at radius 2 is 1.50 bits per heavy atom. The molecule has 0 aliphatic rings. The predicted octanol–water partition coefficient (Wildman–Crippen LogP) is 7.09. The number of nitrogens with two attached hydrogens (primary N) is 1. The molecule has 6 nitrogen and oxygen atoms in total. The third-order valence-corrected chi connectivity index (χ3v) is 6.90. The first kappa shape index (κ1) is 28.7. The lowest BCUT2D eigenvalue weighted by atomic mass is 9.94. The molecule has 1 aromatic heterocycles. The molecule has 3 N–H and O–H groups in total. The van der Waals surface area contributed by atoms with Gasteiger partial charge in [0.15, 0.2) is 0 Å². The normalized spacial score (nSPS) is 13.7. The summed E-state index contributed by atoms with van der Waals surface area (Å²) in [6, 6.07) is 29.9. The molecule has 0 bridgehead atoms. The van der Waals surface area contributed by atoms with Gasteiger partial charge in [0.05, 0.1) is 17.2 Å². The summed E-state index contributed by atoms with van der Waals surface area (Å²) in [6.07, 6.45) is -4.06. The summed E-state index contributed by atoms with van der Waals surface area (Å²) in [5, 5.41) is 20.8. The molecular formula is C33H28F3N5O. The zero-order valence-corrected chi connectivity index (χ0v) is 22.8. The number of alkyl halides is 3. The van der Waals surface area contributed by atoms with Crippen LogP contribution in [0.1, 0.15) is 41.1 Å². The van der Waals surface area contributed by atoms with Crippen molar-refractivity contribution in [3.8, 4) is 28.7 Å². The molecule has 2 atom stereocenters. The van der Waals surface area contributed by atoms with E-state index in [-0.39, 0.29) is 23.9 Å². The second-order valence-corrected chi connectivity index (χ2v) is 10.3. The number of hydrogen-bond acceptors (Lipinski definition) is 6. The lowest BCUT2D eigenvalue weighted by Crippen LogP contribution is -2.35. The van der Waals surface area contributed by atoms with Crippen LogP contribution in [-0.2, 0) is 18.5 Å². The minimum absolute atomic E-state index is 0.110. The van der Waals surface area contributed by atoms with Crippen LogP contribution in [0.25, 0.3) is 22.6 Å². The minimum Gasteiger partial charge on any atom is -0.419 e. The molecule has 0 saturated heterocycles. The number of aromatic nitrogens is 2. The summed E-state index contributed by atoms with van der Waals surface area (Å²) >= 11 is 0. The lowest BCUT2D eigenvalue weighted by Gasteiger charge is -2.22. The van der Waals surface area contributed by atoms with Gasteiger partial charge in [0.1, 0.15) is 6.04 Å². The van der Waals surface area contributed by atoms with E-state index in [1.807, 2.05) is 30.3 Å². The fourth-order valence-electron chi connectivity index (χ4n) is 4.86. The maximum atomic E-state index is 14.0. The first-order chi connectivity index (χ1) is 20.1. The highest BCUT2D eigenvalue weighted by molar-refractivity contribution is 5.75. The Kier molecular flexibility index (Phi) is 8.20. The Balaban J connectivity index is 1.51. The number of nitrogens with zero attached hydrogens (tertiary/aromatic N) is 3. The number of nitriles is 1. The fourth-order valence-corrected chi connectivity index (χ4v) is 4.86. The van der Waals surface area contributed by atoms with Crippen molar-refractivity contribution in [1.82, 2.24) is 15.5 Å². The van der Waals surface area contributed by atoms with Crippen LogP contribution in [0.3, 0.4) is 0 Å². The van der Waals surface area contributed by atoms with E-state index >= 15 is 0 Å². The van der Waals surface area contributed by atoms with E-state index in [0.29, 0.717) is 34.2 Å². The van der Waals surface area contributed by atoms with Gasteiger partial charge in [0.25, 0.3) is 0 Å². The van der Waals surface area contributed by atoms with E-state index in [1.54, 1.807) is 67.6 Å². The van der Waals surface area contributed by atoms with Crippen molar-refractivity contribution >= 4 is 0 Å². The van der Waals surface area contributed by atoms with Crippen molar-refractivity contribution in [2.45, 2.75) is 37.6 Å². The molecule has 42 heavy (non-hydrogen) atoms. The van der Waals surface area contributed by atoms with Crippen LogP contribution in [0.15, 0.2) is 108 Å². The first-order valence-corrected chi connectivity index (χ1v) is 13.3. The van der Waals surface area contributed by atoms with Crippen LogP contribution in [0.4, 0.5) is 13.2 Å². The van der Waals surface area contributed by atoms with Gasteiger partial charge in [0.2, 0.25) is 11.8 Å². The quantitative estimate of drug-likeness (QED) is 0.197. The van der Waals surface area contributed by atoms with Gasteiger partial charge in [-0.05, 0) is 65.4 Å². The van der Waals surface area contributed by atoms with E-state index in [4.69, 9.17) is 10.2 Å². The van der Waals surface area contributed by atoms with Crippen LogP contribution in [-0.4, -0.2) is 16.4 Å². The van der Waals surface area contributed by atoms with E-state index in [9.17, 15) is 18.4 Å². The fraction of sp³-hybridized carbons (Fsp3) is 0.182. The molecule has 0 spiro atoms. The lowest BCUT2D eigenvalue weighted by molar-refractivity contribution is -0.158. The number of hydrogen-bond donors (Lipinski definition) is 2. The number of halogens is 3. The van der Waals surface area contributed by atoms with Gasteiger partial charge in [-0.2, -0.15) is 18.4 Å². The second-order valence-electron chi connectivity index (χ2n) is 10.3. The molecule has 212 valence electrons. The topological polar surface area (TPSA) is 101 Å². The van der Waals surface area contributed by atoms with Crippen LogP contribution >= 0.6 is 0 Å². The van der Waals surface area contributed by atoms with Gasteiger partial charge in [-0.1, -0.05) is 78.9 Å². The summed E-state index contributed by atoms with van der Waals surface area (Å²) in [5.74, 6) is 0.396. The Bertz CT molecular complexity index is 1690. The summed E-state index contributed by atoms with van der Waals surface area (Å²) in [4.78, 5) is 0. The average molecular weight is 568 g/mol. The monoisotopic (exact) mass is 567 g/mol. The second kappa shape index (κ2) is 12.0. The summed E-state index contributed by atoms with van der Waals surface area (Å²) in [6.45, 7) is 1.69. The van der Waals surface area contributed by atoms with Crippen molar-refractivity contribution in [3.05, 3.63) is 131 Å². The smallest absolute Gasteiger partial charge is 0.407 e. The summed E-state index contributed by atoms with van der Waals surface area (Å²) in [7, 11) is 0. The minimum atomic E-state index is -4.51. The molecule has 0 amide bonds. The van der Waals surface area contributed by atoms with Crippen molar-refractivity contribution in [2.75, 3.05) is 0 Å². The standard InChI is InChI=1S/C33H28F3N5O/c1-32(38,19-22-10-4-2-5-11-22)31-41-40-30(42-31)27-17-23(16-26(18-27)28-15-9-8-14-25(28)20-37)21-39-29(33(34,35)36)24-12-6-3-7-13-24/h2-18,29,39H,19,21,38H2,1H3/t29?,32-/m1/s1. The maximum absolute atomic E-state index is 14.0. The van der Waals surface area contributed by atoms with Crippen LogP contribution in [0, 0.1) is 11.3 Å². The molecule has 0 radical (unpaired) electrons. The van der Waals surface area contributed by atoms with Gasteiger partial charge in [-0.15, -0.1) is 10.2 Å². The predicted molar refractivity (Wildman–Crippen MR) is 154 cm³/mol. The molecule has 1 heterocycles. The third kappa shape index (κ3) is 6.57. The average Bonchev–Trinajstić information content (AvgIpc) is 3.49. The van der Waals surface area contributed by atoms with Gasteiger partial charge >= 0.3 is 6.18 Å². The Morgan fingerprint density at radius 3 is 2.19 bits per heavy atom. The van der Waals surface area contributed by atoms with E-state index < -0.39 is 17.8 Å². The maximum Gasteiger partial charge on any atom is 0.407 e. The zero-order chi connectivity index (χ0) is 29.7. The SMILES string of the molecule is C[C@@](N)(Cc1ccccc1)c1nnc(-c2cc(CNC(c3ccccc3)C(F)(F)F)cc(-c3ccccc3C#N)c2)o1. The third-order valence-electron chi connectivity index (χ3n) is 6.90. The first-order valence-electron chi connectivity index (χ1n) is 13.3. The Morgan fingerprint density at radius 1 is 0.857 bits per heavy atom. The molecule has 0 saturated carbocycles. The van der Waals surface area contributed by atoms with Crippen LogP contribution in [0.2, 0.25) is 0 Å². The van der Waals surface area contributed by atoms with Crippen molar-refractivity contribution in [1.29, 1.82) is 5.26 Å². The van der Waals surface area contributed by atoms with E-state index in [2.05, 4.69) is 21.6 Å². The molecule has 5 rings (SSSR count). The molecule has 0 fully saturated rings. The van der Waals surface area contributed by atoms with Crippen LogP contribution < -0.4 is 11.1 Å². The van der Waals surface area contributed by atoms with Gasteiger partial charge in [-0.3, -0.25) is 5.32 Å². The number of benzene rings is 4. The molecule has 0 aliphatic heterocycles. The molecule has 0 aliphatic carbocycles. The zero-order valence-electron chi connectivity index (χ0n) is 22.8. The largest absolute Gasteiger partial charge is 0.419 e. The number of rotatable bonds is 9. The van der Waals surface area contributed by atoms with Gasteiger partial charge < -0.3 is 10.2 Å². The van der Waals surface area contributed by atoms with E-state index in [0.717, 1.165) is 5.56 Å². The Labute approximate surface area is 241 Å². The molecule has 1 unspecified atom stereocenters. The van der Waals surface area contributed by atoms with Gasteiger partial charge in [-0.25, -0.2) is 0 Å².